The Morgan fingerprint density at radius 3 is 1.37 bits per heavy atom. The summed E-state index contributed by atoms with van der Waals surface area (Å²) in [5.74, 6) is 0. The number of fused-ring (bicyclic) bond motifs is 5. The topological polar surface area (TPSA) is 3.24 Å². The fourth-order valence-electron chi connectivity index (χ4n) is 6.31. The van der Waals surface area contributed by atoms with Gasteiger partial charge in [-0.15, -0.1) is 0 Å². The lowest BCUT2D eigenvalue weighted by Gasteiger charge is -2.27. The number of nitrogens with zero attached hydrogens (tertiary/aromatic N) is 1. The minimum absolute atomic E-state index is 1.12. The molecule has 202 valence electrons. The lowest BCUT2D eigenvalue weighted by atomic mass is 9.96. The quantitative estimate of drug-likeness (QED) is 0.194. The van der Waals surface area contributed by atoms with Crippen LogP contribution >= 0.6 is 0 Å². The number of hydrogen-bond acceptors (Lipinski definition) is 1. The van der Waals surface area contributed by atoms with Crippen LogP contribution in [0.1, 0.15) is 0 Å². The van der Waals surface area contributed by atoms with Crippen molar-refractivity contribution < 1.29 is 0 Å². The molecule has 0 unspecified atom stereocenters. The van der Waals surface area contributed by atoms with Gasteiger partial charge in [-0.2, -0.15) is 0 Å². The molecule has 0 saturated carbocycles. The molecule has 0 aliphatic carbocycles. The lowest BCUT2D eigenvalue weighted by molar-refractivity contribution is 1.29. The summed E-state index contributed by atoms with van der Waals surface area (Å²) in [5, 5.41) is 7.60. The van der Waals surface area contributed by atoms with Crippen LogP contribution in [0.3, 0.4) is 0 Å². The van der Waals surface area contributed by atoms with Crippen molar-refractivity contribution in [2.75, 3.05) is 4.90 Å². The van der Waals surface area contributed by atoms with E-state index in [2.05, 4.69) is 181 Å². The molecule has 0 fully saturated rings. The number of benzene rings is 8. The molecular weight excluding hydrogens is 518 g/mol. The zero-order chi connectivity index (χ0) is 28.6. The number of anilines is 3. The molecule has 0 N–H and O–H groups in total. The molecule has 0 aliphatic rings. The van der Waals surface area contributed by atoms with Gasteiger partial charge in [-0.05, 0) is 91.0 Å². The van der Waals surface area contributed by atoms with Gasteiger partial charge >= 0.3 is 0 Å². The maximum Gasteiger partial charge on any atom is 0.0468 e. The summed E-state index contributed by atoms with van der Waals surface area (Å²) in [6.07, 6.45) is 0. The van der Waals surface area contributed by atoms with Gasteiger partial charge in [0.05, 0.1) is 0 Å². The van der Waals surface area contributed by atoms with Crippen LogP contribution in [0.25, 0.3) is 54.6 Å². The predicted molar refractivity (Wildman–Crippen MR) is 185 cm³/mol. The smallest absolute Gasteiger partial charge is 0.0468 e. The van der Waals surface area contributed by atoms with Crippen molar-refractivity contribution in [3.05, 3.63) is 176 Å². The molecule has 0 spiro atoms. The molecule has 8 rings (SSSR count). The second kappa shape index (κ2) is 10.6. The van der Waals surface area contributed by atoms with Gasteiger partial charge in [0.25, 0.3) is 0 Å². The Hall–Kier alpha value is -5.66. The fraction of sp³-hybridized carbons (Fsp3) is 0. The van der Waals surface area contributed by atoms with Gasteiger partial charge < -0.3 is 4.90 Å². The van der Waals surface area contributed by atoms with Crippen LogP contribution in [0.15, 0.2) is 176 Å². The van der Waals surface area contributed by atoms with E-state index in [0.717, 1.165) is 17.1 Å². The van der Waals surface area contributed by atoms with Gasteiger partial charge in [-0.1, -0.05) is 140 Å². The SMILES string of the molecule is c1ccc(-c2cccc(N(c3cccc(-c4ccccc4)c3)c3ccc4ccc5ccc6ccccc6c5c4c3)c2)cc1. The Balaban J connectivity index is 1.37. The zero-order valence-corrected chi connectivity index (χ0v) is 23.7. The van der Waals surface area contributed by atoms with E-state index in [9.17, 15) is 0 Å². The molecule has 0 aromatic heterocycles. The van der Waals surface area contributed by atoms with E-state index in [1.165, 1.54) is 54.6 Å². The summed E-state index contributed by atoms with van der Waals surface area (Å²) < 4.78 is 0. The predicted octanol–water partition coefficient (Wildman–Crippen LogP) is 11.9. The molecule has 1 nitrogen and oxygen atoms in total. The summed E-state index contributed by atoms with van der Waals surface area (Å²) >= 11 is 0. The summed E-state index contributed by atoms with van der Waals surface area (Å²) in [6, 6.07) is 63.5. The first-order chi connectivity index (χ1) is 21.3. The highest BCUT2D eigenvalue weighted by atomic mass is 15.1. The third-order valence-electron chi connectivity index (χ3n) is 8.39. The van der Waals surface area contributed by atoms with Crippen LogP contribution in [0.4, 0.5) is 17.1 Å². The van der Waals surface area contributed by atoms with E-state index < -0.39 is 0 Å². The van der Waals surface area contributed by atoms with Crippen molar-refractivity contribution in [2.45, 2.75) is 0 Å². The van der Waals surface area contributed by atoms with E-state index in [-0.39, 0.29) is 0 Å². The summed E-state index contributed by atoms with van der Waals surface area (Å²) in [6.45, 7) is 0. The van der Waals surface area contributed by atoms with Crippen molar-refractivity contribution >= 4 is 49.4 Å². The normalized spacial score (nSPS) is 11.3. The molecule has 0 atom stereocenters. The molecule has 0 saturated heterocycles. The average Bonchev–Trinajstić information content (AvgIpc) is 3.09. The van der Waals surface area contributed by atoms with Crippen LogP contribution < -0.4 is 4.90 Å². The molecule has 8 aromatic rings. The van der Waals surface area contributed by atoms with Crippen molar-refractivity contribution in [3.8, 4) is 22.3 Å². The monoisotopic (exact) mass is 547 g/mol. The van der Waals surface area contributed by atoms with Crippen LogP contribution in [0.5, 0.6) is 0 Å². The second-order valence-electron chi connectivity index (χ2n) is 11.0. The lowest BCUT2D eigenvalue weighted by Crippen LogP contribution is -2.10. The first kappa shape index (κ1) is 25.1. The van der Waals surface area contributed by atoms with Crippen LogP contribution in [-0.4, -0.2) is 0 Å². The third kappa shape index (κ3) is 4.62. The van der Waals surface area contributed by atoms with Crippen molar-refractivity contribution in [3.63, 3.8) is 0 Å². The van der Waals surface area contributed by atoms with E-state index in [0.29, 0.717) is 0 Å². The Kier molecular flexibility index (Phi) is 6.20. The van der Waals surface area contributed by atoms with E-state index in [4.69, 9.17) is 0 Å². The van der Waals surface area contributed by atoms with Crippen LogP contribution in [-0.2, 0) is 0 Å². The summed E-state index contributed by atoms with van der Waals surface area (Å²) in [4.78, 5) is 2.39. The standard InChI is InChI=1S/C42H29N/c1-3-11-30(12-4-1)35-16-9-18-37(27-35)43(38-19-10-17-36(28-38)31-13-5-2-6-14-31)39-26-25-33-22-24-34-23-21-32-15-7-8-20-40(32)42(34)41(33)29-39/h1-29H. The van der Waals surface area contributed by atoms with Crippen LogP contribution in [0, 0.1) is 0 Å². The third-order valence-corrected chi connectivity index (χ3v) is 8.39. The molecule has 0 aliphatic heterocycles. The first-order valence-electron chi connectivity index (χ1n) is 14.8. The maximum atomic E-state index is 2.39. The Bertz CT molecular complexity index is 2140. The highest BCUT2D eigenvalue weighted by Crippen LogP contribution is 2.41. The Morgan fingerprint density at radius 1 is 0.279 bits per heavy atom. The van der Waals surface area contributed by atoms with Crippen molar-refractivity contribution in [1.82, 2.24) is 0 Å². The van der Waals surface area contributed by atoms with Crippen LogP contribution in [0.2, 0.25) is 0 Å². The molecule has 0 bridgehead atoms. The van der Waals surface area contributed by atoms with Gasteiger partial charge in [0, 0.05) is 17.1 Å². The van der Waals surface area contributed by atoms with Gasteiger partial charge in [0.2, 0.25) is 0 Å². The largest absolute Gasteiger partial charge is 0.310 e. The van der Waals surface area contributed by atoms with E-state index in [1.54, 1.807) is 0 Å². The maximum absolute atomic E-state index is 2.39. The summed E-state index contributed by atoms with van der Waals surface area (Å²) in [7, 11) is 0. The first-order valence-corrected chi connectivity index (χ1v) is 14.8. The van der Waals surface area contributed by atoms with E-state index in [1.807, 2.05) is 0 Å². The molecule has 0 heterocycles. The Morgan fingerprint density at radius 2 is 0.744 bits per heavy atom. The molecule has 8 aromatic carbocycles. The molecule has 0 amide bonds. The summed E-state index contributed by atoms with van der Waals surface area (Å²) in [5.41, 5.74) is 8.17. The molecule has 43 heavy (non-hydrogen) atoms. The van der Waals surface area contributed by atoms with Gasteiger partial charge in [0.1, 0.15) is 0 Å². The minimum Gasteiger partial charge on any atom is -0.310 e. The number of rotatable bonds is 5. The average molecular weight is 548 g/mol. The fourth-order valence-corrected chi connectivity index (χ4v) is 6.31. The van der Waals surface area contributed by atoms with Gasteiger partial charge in [0.15, 0.2) is 0 Å². The van der Waals surface area contributed by atoms with E-state index >= 15 is 0 Å². The highest BCUT2D eigenvalue weighted by molar-refractivity contribution is 6.20. The molecular formula is C42H29N. The van der Waals surface area contributed by atoms with Crippen molar-refractivity contribution in [1.29, 1.82) is 0 Å². The highest BCUT2D eigenvalue weighted by Gasteiger charge is 2.16. The Labute approximate surface area is 251 Å². The van der Waals surface area contributed by atoms with Gasteiger partial charge in [-0.25, -0.2) is 0 Å². The molecule has 1 heteroatoms. The minimum atomic E-state index is 1.12. The number of hydrogen-bond donors (Lipinski definition) is 0. The second-order valence-corrected chi connectivity index (χ2v) is 11.0. The van der Waals surface area contributed by atoms with Gasteiger partial charge in [-0.3, -0.25) is 0 Å². The van der Waals surface area contributed by atoms with Crippen molar-refractivity contribution in [2.24, 2.45) is 0 Å². The molecule has 0 radical (unpaired) electrons. The zero-order valence-electron chi connectivity index (χ0n) is 23.7.